The fourth-order valence-electron chi connectivity index (χ4n) is 10.4. The smallest absolute Gasteiger partial charge is 0.0588 e. The molecule has 0 N–H and O–H groups in total. The summed E-state index contributed by atoms with van der Waals surface area (Å²) in [6, 6.07) is 72.5. The fraction of sp³-hybridized carbons (Fsp3) is 0.0714. The topological polar surface area (TPSA) is 4.93 Å². The standard InChI is InChI=1S/C56H39N/c1-56(2)51-19-11-10-17-44(51)47-29-30-48-50-34-41(26-31-52(50)57(55(48)54(47)56)42-27-24-36-14-6-7-15-39(36)32-42)40-25-28-46-49(33-40)43-16-8-9-18-45(43)53(46)38-22-20-37(21-23-38)35-12-4-3-5-13-35/h3-34,53H,1-2H3. The third-order valence-corrected chi connectivity index (χ3v) is 13.0. The molecule has 1 heteroatoms. The van der Waals surface area contributed by atoms with E-state index in [0.717, 1.165) is 0 Å². The second-order valence-electron chi connectivity index (χ2n) is 16.5. The summed E-state index contributed by atoms with van der Waals surface area (Å²) in [5.41, 5.74) is 20.8. The second-order valence-corrected chi connectivity index (χ2v) is 16.5. The van der Waals surface area contributed by atoms with Crippen molar-refractivity contribution in [2.24, 2.45) is 0 Å². The largest absolute Gasteiger partial charge is 0.309 e. The Kier molecular flexibility index (Phi) is 6.81. The number of hydrogen-bond donors (Lipinski definition) is 0. The molecule has 0 amide bonds. The molecule has 0 radical (unpaired) electrons. The molecule has 12 rings (SSSR count). The van der Waals surface area contributed by atoms with Crippen LogP contribution in [-0.2, 0) is 5.41 Å². The first-order valence-corrected chi connectivity index (χ1v) is 20.1. The molecular formula is C56H39N. The maximum absolute atomic E-state index is 2.54. The maximum Gasteiger partial charge on any atom is 0.0588 e. The lowest BCUT2D eigenvalue weighted by Gasteiger charge is -2.23. The molecule has 0 saturated carbocycles. The van der Waals surface area contributed by atoms with Crippen LogP contribution in [0.3, 0.4) is 0 Å². The van der Waals surface area contributed by atoms with Crippen molar-refractivity contribution in [3.8, 4) is 50.2 Å². The molecule has 1 nitrogen and oxygen atoms in total. The van der Waals surface area contributed by atoms with E-state index in [1.807, 2.05) is 0 Å². The molecule has 0 aliphatic heterocycles. The predicted octanol–water partition coefficient (Wildman–Crippen LogP) is 14.7. The Labute approximate surface area is 333 Å². The van der Waals surface area contributed by atoms with Crippen molar-refractivity contribution < 1.29 is 0 Å². The van der Waals surface area contributed by atoms with E-state index < -0.39 is 0 Å². The Morgan fingerprint density at radius 1 is 0.421 bits per heavy atom. The van der Waals surface area contributed by atoms with Gasteiger partial charge in [-0.25, -0.2) is 0 Å². The average Bonchev–Trinajstić information content (AvgIpc) is 3.86. The Bertz CT molecular complexity index is 3250. The fourth-order valence-corrected chi connectivity index (χ4v) is 10.4. The van der Waals surface area contributed by atoms with Crippen LogP contribution in [0.15, 0.2) is 194 Å². The van der Waals surface area contributed by atoms with Crippen LogP contribution >= 0.6 is 0 Å². The number of fused-ring (bicyclic) bond motifs is 11. The highest BCUT2D eigenvalue weighted by Crippen LogP contribution is 2.54. The first kappa shape index (κ1) is 32.3. The number of aromatic nitrogens is 1. The molecule has 10 aromatic rings. The SMILES string of the molecule is CC1(C)c2ccccc2-c2ccc3c4cc(-c5ccc6c(c5)-c5ccccc5C6c5ccc(-c6ccccc6)cc5)ccc4n(-c4ccc5ccccc5c4)c3c21. The zero-order chi connectivity index (χ0) is 37.8. The van der Waals surface area contributed by atoms with Crippen LogP contribution in [0.25, 0.3) is 82.8 Å². The normalized spacial score (nSPS) is 14.8. The van der Waals surface area contributed by atoms with E-state index >= 15 is 0 Å². The Balaban J connectivity index is 1.03. The van der Waals surface area contributed by atoms with Crippen LogP contribution in [0.1, 0.15) is 47.6 Å². The van der Waals surface area contributed by atoms with E-state index in [0.29, 0.717) is 0 Å². The number of hydrogen-bond acceptors (Lipinski definition) is 0. The van der Waals surface area contributed by atoms with Crippen LogP contribution in [0.5, 0.6) is 0 Å². The van der Waals surface area contributed by atoms with E-state index in [4.69, 9.17) is 0 Å². The summed E-state index contributed by atoms with van der Waals surface area (Å²) in [6.07, 6.45) is 0. The molecule has 2 aliphatic rings. The van der Waals surface area contributed by atoms with Crippen molar-refractivity contribution in [1.82, 2.24) is 4.57 Å². The van der Waals surface area contributed by atoms with Gasteiger partial charge in [0.25, 0.3) is 0 Å². The summed E-state index contributed by atoms with van der Waals surface area (Å²) >= 11 is 0. The molecule has 0 spiro atoms. The molecule has 0 fully saturated rings. The van der Waals surface area contributed by atoms with E-state index in [1.165, 1.54) is 111 Å². The van der Waals surface area contributed by atoms with Gasteiger partial charge in [-0.2, -0.15) is 0 Å². The maximum atomic E-state index is 2.54. The van der Waals surface area contributed by atoms with Crippen molar-refractivity contribution in [1.29, 1.82) is 0 Å². The average molecular weight is 726 g/mol. The number of benzene rings is 9. The third kappa shape index (κ3) is 4.69. The monoisotopic (exact) mass is 725 g/mol. The van der Waals surface area contributed by atoms with Gasteiger partial charge in [-0.3, -0.25) is 0 Å². The highest BCUT2D eigenvalue weighted by Gasteiger charge is 2.38. The van der Waals surface area contributed by atoms with Gasteiger partial charge in [0.05, 0.1) is 11.0 Å². The van der Waals surface area contributed by atoms with E-state index in [9.17, 15) is 0 Å². The van der Waals surface area contributed by atoms with Gasteiger partial charge in [0.2, 0.25) is 0 Å². The molecular weight excluding hydrogens is 687 g/mol. The molecule has 0 saturated heterocycles. The molecule has 9 aromatic carbocycles. The highest BCUT2D eigenvalue weighted by molar-refractivity contribution is 6.14. The minimum absolute atomic E-state index is 0.150. The molecule has 268 valence electrons. The molecule has 2 aliphatic carbocycles. The van der Waals surface area contributed by atoms with E-state index in [1.54, 1.807) is 0 Å². The minimum atomic E-state index is -0.150. The minimum Gasteiger partial charge on any atom is -0.309 e. The van der Waals surface area contributed by atoms with Gasteiger partial charge in [0, 0.05) is 27.8 Å². The molecule has 57 heavy (non-hydrogen) atoms. The summed E-state index contributed by atoms with van der Waals surface area (Å²) in [5.74, 6) is 0.201. The Morgan fingerprint density at radius 3 is 1.95 bits per heavy atom. The van der Waals surface area contributed by atoms with Crippen LogP contribution < -0.4 is 0 Å². The molecule has 1 atom stereocenters. The van der Waals surface area contributed by atoms with Gasteiger partial charge in [-0.15, -0.1) is 0 Å². The molecule has 1 heterocycles. The quantitative estimate of drug-likeness (QED) is 0.170. The Hall–Kier alpha value is -6.96. The van der Waals surface area contributed by atoms with Crippen molar-refractivity contribution in [3.63, 3.8) is 0 Å². The molecule has 0 bridgehead atoms. The van der Waals surface area contributed by atoms with Crippen LogP contribution in [0.4, 0.5) is 0 Å². The Morgan fingerprint density at radius 2 is 1.09 bits per heavy atom. The van der Waals surface area contributed by atoms with E-state index in [-0.39, 0.29) is 11.3 Å². The second kappa shape index (κ2) is 12.0. The lowest BCUT2D eigenvalue weighted by Crippen LogP contribution is -2.16. The van der Waals surface area contributed by atoms with Gasteiger partial charge >= 0.3 is 0 Å². The summed E-state index contributed by atoms with van der Waals surface area (Å²) in [5, 5.41) is 5.08. The summed E-state index contributed by atoms with van der Waals surface area (Å²) < 4.78 is 2.54. The zero-order valence-corrected chi connectivity index (χ0v) is 32.0. The summed E-state index contributed by atoms with van der Waals surface area (Å²) in [4.78, 5) is 0. The van der Waals surface area contributed by atoms with Gasteiger partial charge in [-0.05, 0) is 113 Å². The predicted molar refractivity (Wildman–Crippen MR) is 240 cm³/mol. The lowest BCUT2D eigenvalue weighted by molar-refractivity contribution is 0.664. The van der Waals surface area contributed by atoms with Gasteiger partial charge in [0.15, 0.2) is 0 Å². The molecule has 1 unspecified atom stereocenters. The molecule has 1 aromatic heterocycles. The zero-order valence-electron chi connectivity index (χ0n) is 32.0. The van der Waals surface area contributed by atoms with Gasteiger partial charge in [-0.1, -0.05) is 178 Å². The van der Waals surface area contributed by atoms with Crippen molar-refractivity contribution >= 4 is 32.6 Å². The first-order chi connectivity index (χ1) is 28.0. The van der Waals surface area contributed by atoms with Gasteiger partial charge < -0.3 is 4.57 Å². The van der Waals surface area contributed by atoms with Gasteiger partial charge in [0.1, 0.15) is 0 Å². The third-order valence-electron chi connectivity index (χ3n) is 13.0. The van der Waals surface area contributed by atoms with Crippen LogP contribution in [0, 0.1) is 0 Å². The van der Waals surface area contributed by atoms with Crippen LogP contribution in [-0.4, -0.2) is 4.57 Å². The van der Waals surface area contributed by atoms with E-state index in [2.05, 4.69) is 213 Å². The summed E-state index contributed by atoms with van der Waals surface area (Å²) in [6.45, 7) is 4.80. The first-order valence-electron chi connectivity index (χ1n) is 20.1. The van der Waals surface area contributed by atoms with Crippen molar-refractivity contribution in [2.75, 3.05) is 0 Å². The van der Waals surface area contributed by atoms with Crippen molar-refractivity contribution in [2.45, 2.75) is 25.2 Å². The lowest BCUT2D eigenvalue weighted by atomic mass is 9.81. The number of rotatable bonds is 4. The summed E-state index contributed by atoms with van der Waals surface area (Å²) in [7, 11) is 0. The van der Waals surface area contributed by atoms with Crippen LogP contribution in [0.2, 0.25) is 0 Å². The highest BCUT2D eigenvalue weighted by atomic mass is 15.0. The number of nitrogens with zero attached hydrogens (tertiary/aromatic N) is 1. The van der Waals surface area contributed by atoms with Crippen molar-refractivity contribution in [3.05, 3.63) is 222 Å².